The number of rotatable bonds is 6. The molecular weight excluding hydrogens is 387 g/mol. The molecule has 0 aliphatic carbocycles. The average molecular weight is 413 g/mol. The lowest BCUT2D eigenvalue weighted by molar-refractivity contribution is 0.567. The molecule has 2 nitrogen and oxygen atoms in total. The summed E-state index contributed by atoms with van der Waals surface area (Å²) in [6, 6.07) is 16.4. The molecule has 0 spiro atoms. The lowest BCUT2D eigenvalue weighted by Gasteiger charge is -2.27. The van der Waals surface area contributed by atoms with E-state index in [2.05, 4.69) is 38.1 Å². The van der Waals surface area contributed by atoms with Crippen molar-refractivity contribution in [2.45, 2.75) is 45.5 Å². The fourth-order valence-electron chi connectivity index (χ4n) is 2.61. The molecule has 2 rings (SSSR count). The first-order valence-electron chi connectivity index (χ1n) is 8.34. The molecule has 0 saturated heterocycles. The van der Waals surface area contributed by atoms with Gasteiger partial charge in [0, 0.05) is 5.41 Å². The first-order chi connectivity index (χ1) is 11.4. The van der Waals surface area contributed by atoms with Crippen LogP contribution in [-0.2, 0) is 5.41 Å². The Kier molecular flexibility index (Phi) is 5.99. The third-order valence-electron chi connectivity index (χ3n) is 3.87. The summed E-state index contributed by atoms with van der Waals surface area (Å²) >= 11 is 12.5. The van der Waals surface area contributed by atoms with Crippen molar-refractivity contribution in [1.82, 2.24) is 0 Å². The normalized spacial score (nSPS) is 12.8. The molecule has 0 fully saturated rings. The molecule has 0 atom stereocenters. The standard InChI is InChI=1S/C19H26Cl2O2Si2/c1-19(2,15-7-11-17(12-8-15)22-24(3,4)20)16-9-13-18(14-10-16)23-25(5,6)21/h7-14H,1-6H3. The quantitative estimate of drug-likeness (QED) is 0.390. The van der Waals surface area contributed by atoms with Gasteiger partial charge in [-0.15, -0.1) is 22.2 Å². The van der Waals surface area contributed by atoms with Gasteiger partial charge in [0.25, 0.3) is 0 Å². The van der Waals surface area contributed by atoms with Gasteiger partial charge in [0.1, 0.15) is 11.5 Å². The SMILES string of the molecule is CC(C)(c1ccc(O[Si](C)(C)Cl)cc1)c1ccc(O[Si](C)(C)Cl)cc1. The molecule has 2 aromatic carbocycles. The van der Waals surface area contributed by atoms with E-state index in [1.807, 2.05) is 50.5 Å². The Balaban J connectivity index is 2.20. The molecule has 0 N–H and O–H groups in total. The topological polar surface area (TPSA) is 18.5 Å². The van der Waals surface area contributed by atoms with E-state index in [1.165, 1.54) is 11.1 Å². The van der Waals surface area contributed by atoms with Gasteiger partial charge in [-0.25, -0.2) is 0 Å². The fraction of sp³-hybridized carbons (Fsp3) is 0.368. The maximum Gasteiger partial charge on any atom is 0.341 e. The van der Waals surface area contributed by atoms with Gasteiger partial charge in [-0.1, -0.05) is 38.1 Å². The Morgan fingerprint density at radius 2 is 0.920 bits per heavy atom. The molecule has 0 unspecified atom stereocenters. The molecular formula is C19H26Cl2O2Si2. The Bertz CT molecular complexity index is 639. The third kappa shape index (κ3) is 6.06. The van der Waals surface area contributed by atoms with Crippen LogP contribution in [0.2, 0.25) is 26.2 Å². The second-order valence-electron chi connectivity index (χ2n) is 7.60. The maximum atomic E-state index is 6.25. The Morgan fingerprint density at radius 3 is 1.16 bits per heavy atom. The summed E-state index contributed by atoms with van der Waals surface area (Å²) in [6.45, 7) is 12.3. The molecule has 25 heavy (non-hydrogen) atoms. The van der Waals surface area contributed by atoms with Gasteiger partial charge < -0.3 is 8.85 Å². The lowest BCUT2D eigenvalue weighted by Crippen LogP contribution is -2.26. The van der Waals surface area contributed by atoms with E-state index >= 15 is 0 Å². The summed E-state index contributed by atoms with van der Waals surface area (Å²) in [7, 11) is -4.20. The highest BCUT2D eigenvalue weighted by Gasteiger charge is 2.25. The monoisotopic (exact) mass is 412 g/mol. The van der Waals surface area contributed by atoms with E-state index in [0.717, 1.165) is 11.5 Å². The lowest BCUT2D eigenvalue weighted by atomic mass is 9.78. The van der Waals surface area contributed by atoms with E-state index in [9.17, 15) is 0 Å². The molecule has 0 aliphatic rings. The minimum absolute atomic E-state index is 0.126. The van der Waals surface area contributed by atoms with Crippen LogP contribution in [0.25, 0.3) is 0 Å². The van der Waals surface area contributed by atoms with Crippen LogP contribution in [0.1, 0.15) is 25.0 Å². The van der Waals surface area contributed by atoms with Crippen molar-refractivity contribution in [2.24, 2.45) is 0 Å². The van der Waals surface area contributed by atoms with Crippen LogP contribution in [0.4, 0.5) is 0 Å². The number of hydrogen-bond donors (Lipinski definition) is 0. The largest absolute Gasteiger partial charge is 0.530 e. The maximum absolute atomic E-state index is 6.25. The van der Waals surface area contributed by atoms with Crippen LogP contribution in [0, 0.1) is 0 Å². The van der Waals surface area contributed by atoms with Gasteiger partial charge in [-0.3, -0.25) is 0 Å². The van der Waals surface area contributed by atoms with Crippen LogP contribution < -0.4 is 8.85 Å². The molecule has 0 bridgehead atoms. The van der Waals surface area contributed by atoms with Crippen molar-refractivity contribution in [3.8, 4) is 11.5 Å². The van der Waals surface area contributed by atoms with Crippen molar-refractivity contribution < 1.29 is 8.85 Å². The van der Waals surface area contributed by atoms with Crippen LogP contribution in [-0.4, -0.2) is 15.3 Å². The predicted octanol–water partition coefficient (Wildman–Crippen LogP) is 6.65. The van der Waals surface area contributed by atoms with Crippen LogP contribution in [0.15, 0.2) is 48.5 Å². The average Bonchev–Trinajstić information content (AvgIpc) is 2.45. The first-order valence-corrected chi connectivity index (χ1v) is 16.2. The Hall–Kier alpha value is -0.946. The second-order valence-corrected chi connectivity index (χ2v) is 18.9. The Labute approximate surface area is 162 Å². The van der Waals surface area contributed by atoms with Crippen LogP contribution >= 0.6 is 22.2 Å². The zero-order chi connectivity index (χ0) is 18.9. The van der Waals surface area contributed by atoms with E-state index in [4.69, 9.17) is 31.0 Å². The zero-order valence-corrected chi connectivity index (χ0v) is 19.2. The van der Waals surface area contributed by atoms with E-state index < -0.39 is 15.3 Å². The highest BCUT2D eigenvalue weighted by atomic mass is 35.6. The molecule has 136 valence electrons. The van der Waals surface area contributed by atoms with Crippen LogP contribution in [0.5, 0.6) is 11.5 Å². The van der Waals surface area contributed by atoms with E-state index in [1.54, 1.807) is 0 Å². The number of benzene rings is 2. The fourth-order valence-corrected chi connectivity index (χ4v) is 4.53. The molecule has 0 aromatic heterocycles. The molecule has 2 aromatic rings. The predicted molar refractivity (Wildman–Crippen MR) is 113 cm³/mol. The van der Waals surface area contributed by atoms with Gasteiger partial charge in [-0.2, -0.15) is 0 Å². The summed E-state index contributed by atoms with van der Waals surface area (Å²) in [5.41, 5.74) is 2.31. The van der Waals surface area contributed by atoms with Gasteiger partial charge in [0.15, 0.2) is 0 Å². The summed E-state index contributed by atoms with van der Waals surface area (Å²) < 4.78 is 11.6. The van der Waals surface area contributed by atoms with Crippen molar-refractivity contribution in [2.75, 3.05) is 0 Å². The summed E-state index contributed by atoms with van der Waals surface area (Å²) in [4.78, 5) is 0. The van der Waals surface area contributed by atoms with Gasteiger partial charge in [0.2, 0.25) is 0 Å². The van der Waals surface area contributed by atoms with Gasteiger partial charge >= 0.3 is 15.3 Å². The van der Waals surface area contributed by atoms with Gasteiger partial charge in [-0.05, 0) is 61.6 Å². The molecule has 0 aliphatic heterocycles. The van der Waals surface area contributed by atoms with Crippen molar-refractivity contribution >= 4 is 37.4 Å². The number of hydrogen-bond acceptors (Lipinski definition) is 2. The van der Waals surface area contributed by atoms with E-state index in [-0.39, 0.29) is 5.41 Å². The molecule has 0 heterocycles. The number of halogens is 2. The summed E-state index contributed by atoms with van der Waals surface area (Å²) in [5.74, 6) is 1.65. The highest BCUT2D eigenvalue weighted by Crippen LogP contribution is 2.34. The molecule has 0 amide bonds. The van der Waals surface area contributed by atoms with Crippen molar-refractivity contribution in [3.05, 3.63) is 59.7 Å². The summed E-state index contributed by atoms with van der Waals surface area (Å²) in [6.07, 6.45) is 0. The van der Waals surface area contributed by atoms with Crippen molar-refractivity contribution in [3.63, 3.8) is 0 Å². The molecule has 6 heteroatoms. The van der Waals surface area contributed by atoms with Crippen molar-refractivity contribution in [1.29, 1.82) is 0 Å². The minimum Gasteiger partial charge on any atom is -0.530 e. The van der Waals surface area contributed by atoms with Crippen LogP contribution in [0.3, 0.4) is 0 Å². The highest BCUT2D eigenvalue weighted by molar-refractivity contribution is 7.16. The zero-order valence-electron chi connectivity index (χ0n) is 15.7. The molecule has 0 saturated carbocycles. The minimum atomic E-state index is -2.10. The first kappa shape index (κ1) is 20.4. The van der Waals surface area contributed by atoms with Gasteiger partial charge in [0.05, 0.1) is 0 Å². The van der Waals surface area contributed by atoms with E-state index in [0.29, 0.717) is 0 Å². The molecule has 0 radical (unpaired) electrons. The smallest absolute Gasteiger partial charge is 0.341 e. The summed E-state index contributed by atoms with van der Waals surface area (Å²) in [5, 5.41) is 0. The third-order valence-corrected chi connectivity index (χ3v) is 5.78. The second kappa shape index (κ2) is 7.35. The Morgan fingerprint density at radius 1 is 0.640 bits per heavy atom.